The second-order valence-corrected chi connectivity index (χ2v) is 10.3. The van der Waals surface area contributed by atoms with Crippen molar-refractivity contribution in [3.05, 3.63) is 54.1 Å². The number of carbonyl (C=O) groups is 2. The number of amides is 1. The lowest BCUT2D eigenvalue weighted by Crippen LogP contribution is -2.46. The van der Waals surface area contributed by atoms with E-state index >= 15 is 0 Å². The molecule has 1 aliphatic rings. The molecule has 0 N–H and O–H groups in total. The lowest BCUT2D eigenvalue weighted by molar-refractivity contribution is -0.153. The summed E-state index contributed by atoms with van der Waals surface area (Å²) in [6, 6.07) is 15.0. The molecule has 0 saturated carbocycles. The highest BCUT2D eigenvalue weighted by Gasteiger charge is 2.44. The second kappa shape index (κ2) is 9.64. The number of esters is 1. The van der Waals surface area contributed by atoms with Crippen LogP contribution in [0.15, 0.2) is 48.5 Å². The third kappa shape index (κ3) is 5.14. The molecule has 1 amide bonds. The number of methoxy groups -OCH3 is 1. The van der Waals surface area contributed by atoms with E-state index in [-0.39, 0.29) is 23.8 Å². The van der Waals surface area contributed by atoms with Crippen LogP contribution in [-0.2, 0) is 14.3 Å². The van der Waals surface area contributed by atoms with Crippen molar-refractivity contribution in [2.75, 3.05) is 13.7 Å². The van der Waals surface area contributed by atoms with Crippen LogP contribution >= 0.6 is 0 Å². The monoisotopic (exact) mass is 475 g/mol. The summed E-state index contributed by atoms with van der Waals surface area (Å²) in [6.07, 6.45) is -0.0646. The number of nitrogens with zero attached hydrogens (tertiary/aromatic N) is 3. The summed E-state index contributed by atoms with van der Waals surface area (Å²) in [5.74, 6) is 0.241. The van der Waals surface area contributed by atoms with Crippen LogP contribution in [0.25, 0.3) is 22.3 Å². The summed E-state index contributed by atoms with van der Waals surface area (Å²) in [6.45, 7) is 10.3. The molecule has 2 heterocycles. The van der Waals surface area contributed by atoms with Crippen LogP contribution in [-0.4, -0.2) is 52.5 Å². The molecule has 1 aromatic heterocycles. The maximum absolute atomic E-state index is 13.4. The lowest BCUT2D eigenvalue weighted by Gasteiger charge is -2.32. The Morgan fingerprint density at radius 3 is 2.46 bits per heavy atom. The van der Waals surface area contributed by atoms with Gasteiger partial charge in [-0.2, -0.15) is 4.98 Å². The number of fused-ring (bicyclic) bond motifs is 1. The highest BCUT2D eigenvalue weighted by atomic mass is 16.5. The molecule has 35 heavy (non-hydrogen) atoms. The molecule has 4 rings (SSSR count). The Labute approximate surface area is 206 Å². The number of aryl methyl sites for hydroxylation is 1. The first-order valence-electron chi connectivity index (χ1n) is 12.0. The first-order valence-corrected chi connectivity index (χ1v) is 12.0. The summed E-state index contributed by atoms with van der Waals surface area (Å²) in [5, 5.41) is 0.798. The van der Waals surface area contributed by atoms with Gasteiger partial charge in [0, 0.05) is 17.9 Å². The van der Waals surface area contributed by atoms with E-state index in [0.29, 0.717) is 18.1 Å². The molecule has 1 fully saturated rings. The average Bonchev–Trinajstić information content (AvgIpc) is 3.26. The summed E-state index contributed by atoms with van der Waals surface area (Å²) in [7, 11) is 1.35. The van der Waals surface area contributed by atoms with Crippen molar-refractivity contribution in [3.8, 4) is 17.3 Å². The Balaban J connectivity index is 1.69. The Hall–Kier alpha value is -3.48. The molecule has 3 atom stereocenters. The van der Waals surface area contributed by atoms with Gasteiger partial charge in [-0.3, -0.25) is 4.79 Å². The van der Waals surface area contributed by atoms with E-state index in [2.05, 4.69) is 0 Å². The summed E-state index contributed by atoms with van der Waals surface area (Å²) in [5.41, 5.74) is 2.49. The van der Waals surface area contributed by atoms with Gasteiger partial charge in [0.1, 0.15) is 12.1 Å². The minimum Gasteiger partial charge on any atom is -0.472 e. The molecule has 0 radical (unpaired) electrons. The zero-order valence-corrected chi connectivity index (χ0v) is 21.2. The normalized spacial score (nSPS) is 19.0. The van der Waals surface area contributed by atoms with Crippen LogP contribution in [0.3, 0.4) is 0 Å². The first kappa shape index (κ1) is 24.6. The largest absolute Gasteiger partial charge is 0.472 e. The molecular formula is C28H33N3O4. The van der Waals surface area contributed by atoms with Crippen molar-refractivity contribution in [3.63, 3.8) is 0 Å². The van der Waals surface area contributed by atoms with Gasteiger partial charge in [-0.1, -0.05) is 69.7 Å². The van der Waals surface area contributed by atoms with E-state index in [4.69, 9.17) is 19.4 Å². The van der Waals surface area contributed by atoms with Crippen LogP contribution < -0.4 is 4.74 Å². The highest BCUT2D eigenvalue weighted by Crippen LogP contribution is 2.33. The van der Waals surface area contributed by atoms with Crippen LogP contribution in [0.5, 0.6) is 5.88 Å². The van der Waals surface area contributed by atoms with Crippen molar-refractivity contribution in [2.45, 2.75) is 53.2 Å². The summed E-state index contributed by atoms with van der Waals surface area (Å²) >= 11 is 0. The van der Waals surface area contributed by atoms with Gasteiger partial charge in [0.15, 0.2) is 5.82 Å². The molecule has 2 aromatic carbocycles. The summed E-state index contributed by atoms with van der Waals surface area (Å²) in [4.78, 5) is 37.1. The van der Waals surface area contributed by atoms with Gasteiger partial charge in [-0.15, -0.1) is 0 Å². The standard InChI is InChI=1S/C28H33N3O4/c1-17-12-13-22-21(14-17)25(30-24(29-22)19-10-8-7-9-11-19)35-20-15-23(27(33)34-6)31(16-20)26(32)18(2)28(3,4)5/h7-14,18,20,23H,15-16H2,1-6H3/t18-,20?,23?/m1/s1. The van der Waals surface area contributed by atoms with Gasteiger partial charge in [-0.05, 0) is 24.5 Å². The number of likely N-dealkylation sites (tertiary alicyclic amines) is 1. The van der Waals surface area contributed by atoms with Crippen molar-refractivity contribution >= 4 is 22.8 Å². The Morgan fingerprint density at radius 2 is 1.80 bits per heavy atom. The van der Waals surface area contributed by atoms with Crippen LogP contribution in [0.4, 0.5) is 0 Å². The third-order valence-corrected chi connectivity index (χ3v) is 6.82. The predicted molar refractivity (Wildman–Crippen MR) is 135 cm³/mol. The number of rotatable bonds is 5. The predicted octanol–water partition coefficient (Wildman–Crippen LogP) is 4.81. The lowest BCUT2D eigenvalue weighted by atomic mass is 9.81. The maximum Gasteiger partial charge on any atom is 0.328 e. The van der Waals surface area contributed by atoms with Gasteiger partial charge < -0.3 is 14.4 Å². The minimum atomic E-state index is -0.689. The van der Waals surface area contributed by atoms with Crippen molar-refractivity contribution < 1.29 is 19.1 Å². The van der Waals surface area contributed by atoms with Crippen LogP contribution in [0.1, 0.15) is 39.7 Å². The molecule has 0 aliphatic carbocycles. The number of hydrogen-bond donors (Lipinski definition) is 0. The smallest absolute Gasteiger partial charge is 0.328 e. The van der Waals surface area contributed by atoms with E-state index in [9.17, 15) is 9.59 Å². The fraction of sp³-hybridized carbons (Fsp3) is 0.429. The Kier molecular flexibility index (Phi) is 6.79. The van der Waals surface area contributed by atoms with Crippen LogP contribution in [0, 0.1) is 18.3 Å². The molecule has 0 spiro atoms. The number of ether oxygens (including phenoxy) is 2. The SMILES string of the molecule is COC(=O)C1CC(Oc2nc(-c3ccccc3)nc3ccc(C)cc23)CN1C(=O)[C@@H](C)C(C)(C)C. The quantitative estimate of drug-likeness (QED) is 0.493. The van der Waals surface area contributed by atoms with Crippen molar-refractivity contribution in [1.82, 2.24) is 14.9 Å². The molecular weight excluding hydrogens is 442 g/mol. The molecule has 7 heteroatoms. The molecule has 1 saturated heterocycles. The van der Waals surface area contributed by atoms with Gasteiger partial charge in [0.2, 0.25) is 11.8 Å². The molecule has 2 unspecified atom stereocenters. The Morgan fingerprint density at radius 1 is 1.09 bits per heavy atom. The maximum atomic E-state index is 13.4. The zero-order valence-electron chi connectivity index (χ0n) is 21.2. The topological polar surface area (TPSA) is 81.6 Å². The molecule has 7 nitrogen and oxygen atoms in total. The Bertz CT molecular complexity index is 1240. The fourth-order valence-corrected chi connectivity index (χ4v) is 4.28. The number of hydrogen-bond acceptors (Lipinski definition) is 6. The van der Waals surface area contributed by atoms with E-state index in [0.717, 1.165) is 22.0 Å². The van der Waals surface area contributed by atoms with E-state index < -0.39 is 18.1 Å². The van der Waals surface area contributed by atoms with Gasteiger partial charge >= 0.3 is 5.97 Å². The van der Waals surface area contributed by atoms with Crippen LogP contribution in [0.2, 0.25) is 0 Å². The highest BCUT2D eigenvalue weighted by molar-refractivity contribution is 5.87. The first-order chi connectivity index (χ1) is 16.6. The van der Waals surface area contributed by atoms with Gasteiger partial charge in [-0.25, -0.2) is 9.78 Å². The van der Waals surface area contributed by atoms with E-state index in [1.807, 2.05) is 83.1 Å². The number of aromatic nitrogens is 2. The fourth-order valence-electron chi connectivity index (χ4n) is 4.28. The van der Waals surface area contributed by atoms with E-state index in [1.165, 1.54) is 7.11 Å². The molecule has 1 aliphatic heterocycles. The second-order valence-electron chi connectivity index (χ2n) is 10.3. The molecule has 3 aromatic rings. The number of carbonyl (C=O) groups excluding carboxylic acids is 2. The zero-order chi connectivity index (χ0) is 25.3. The average molecular weight is 476 g/mol. The van der Waals surface area contributed by atoms with Gasteiger partial charge in [0.05, 0.1) is 24.6 Å². The van der Waals surface area contributed by atoms with Crippen molar-refractivity contribution in [2.24, 2.45) is 11.3 Å². The van der Waals surface area contributed by atoms with E-state index in [1.54, 1.807) is 4.90 Å². The number of benzene rings is 2. The summed E-state index contributed by atoms with van der Waals surface area (Å²) < 4.78 is 11.5. The minimum absolute atomic E-state index is 0.0765. The van der Waals surface area contributed by atoms with Crippen molar-refractivity contribution in [1.29, 1.82) is 0 Å². The molecule has 184 valence electrons. The van der Waals surface area contributed by atoms with Gasteiger partial charge in [0.25, 0.3) is 0 Å². The molecule has 0 bridgehead atoms. The third-order valence-electron chi connectivity index (χ3n) is 6.82.